The van der Waals surface area contributed by atoms with Crippen LogP contribution in [0.1, 0.15) is 21.6 Å². The van der Waals surface area contributed by atoms with Gasteiger partial charge in [-0.1, -0.05) is 54.1 Å². The molecule has 3 aromatic carbocycles. The monoisotopic (exact) mass is 403 g/mol. The topological polar surface area (TPSA) is 71.1 Å². The summed E-state index contributed by atoms with van der Waals surface area (Å²) in [6.07, 6.45) is 0.159. The van der Waals surface area contributed by atoms with Crippen LogP contribution in [0.15, 0.2) is 66.7 Å². The van der Waals surface area contributed by atoms with Gasteiger partial charge in [-0.2, -0.15) is 0 Å². The summed E-state index contributed by atoms with van der Waals surface area (Å²) in [5.41, 5.74) is 7.56. The fraction of sp³-hybridized carbons (Fsp3) is 0.0870. The molecule has 6 heteroatoms. The van der Waals surface area contributed by atoms with E-state index in [0.717, 1.165) is 27.2 Å². The summed E-state index contributed by atoms with van der Waals surface area (Å²) in [6.45, 7) is 1.75. The first kappa shape index (κ1) is 18.9. The van der Waals surface area contributed by atoms with Gasteiger partial charge in [0.25, 0.3) is 5.91 Å². The lowest BCUT2D eigenvalue weighted by atomic mass is 10.0. The second-order valence-corrected chi connectivity index (χ2v) is 7.21. The van der Waals surface area contributed by atoms with E-state index in [0.29, 0.717) is 16.3 Å². The molecule has 0 saturated carbocycles. The molecule has 1 heterocycles. The van der Waals surface area contributed by atoms with Crippen molar-refractivity contribution >= 4 is 45.1 Å². The number of benzene rings is 3. The van der Waals surface area contributed by atoms with E-state index in [4.69, 9.17) is 11.6 Å². The predicted octanol–water partition coefficient (Wildman–Crippen LogP) is 4.35. The van der Waals surface area contributed by atoms with Crippen LogP contribution < -0.4 is 10.9 Å². The Morgan fingerprint density at radius 1 is 0.931 bits per heavy atom. The molecule has 0 aliphatic heterocycles. The van der Waals surface area contributed by atoms with Crippen molar-refractivity contribution in [3.05, 3.63) is 88.6 Å². The average molecular weight is 404 g/mol. The number of aromatic nitrogens is 1. The zero-order chi connectivity index (χ0) is 20.4. The van der Waals surface area contributed by atoms with Gasteiger partial charge in [0.1, 0.15) is 0 Å². The first-order valence-electron chi connectivity index (χ1n) is 9.14. The Balaban J connectivity index is 1.47. The first-order valence-corrected chi connectivity index (χ1v) is 9.52. The SMILES string of the molecule is Cc1nc2ccc(Cl)cc2cc1C(=O)NNC(=O)Cc1cccc2ccccc12. The van der Waals surface area contributed by atoms with E-state index in [2.05, 4.69) is 15.8 Å². The largest absolute Gasteiger partial charge is 0.273 e. The van der Waals surface area contributed by atoms with Gasteiger partial charge >= 0.3 is 0 Å². The lowest BCUT2D eigenvalue weighted by Gasteiger charge is -2.11. The lowest BCUT2D eigenvalue weighted by Crippen LogP contribution is -2.42. The quantitative estimate of drug-likeness (QED) is 0.499. The molecule has 2 amide bonds. The molecule has 1 aromatic heterocycles. The van der Waals surface area contributed by atoms with Crippen molar-refractivity contribution in [1.29, 1.82) is 0 Å². The Morgan fingerprint density at radius 3 is 2.59 bits per heavy atom. The fourth-order valence-corrected chi connectivity index (χ4v) is 3.51. The molecule has 0 saturated heterocycles. The van der Waals surface area contributed by atoms with Crippen LogP contribution in [0.25, 0.3) is 21.7 Å². The molecular weight excluding hydrogens is 386 g/mol. The van der Waals surface area contributed by atoms with Gasteiger partial charge < -0.3 is 0 Å². The van der Waals surface area contributed by atoms with Gasteiger partial charge in [0, 0.05) is 10.4 Å². The highest BCUT2D eigenvalue weighted by Gasteiger charge is 2.13. The first-order chi connectivity index (χ1) is 14.0. The number of nitrogens with zero attached hydrogens (tertiary/aromatic N) is 1. The maximum atomic E-state index is 12.6. The average Bonchev–Trinajstić information content (AvgIpc) is 2.72. The molecule has 0 bridgehead atoms. The van der Waals surface area contributed by atoms with E-state index in [1.54, 1.807) is 31.2 Å². The van der Waals surface area contributed by atoms with Gasteiger partial charge in [-0.15, -0.1) is 0 Å². The Hall–Kier alpha value is -3.44. The zero-order valence-electron chi connectivity index (χ0n) is 15.7. The summed E-state index contributed by atoms with van der Waals surface area (Å²) in [4.78, 5) is 29.4. The lowest BCUT2D eigenvalue weighted by molar-refractivity contribution is -0.121. The Morgan fingerprint density at radius 2 is 1.72 bits per heavy atom. The summed E-state index contributed by atoms with van der Waals surface area (Å²) >= 11 is 6.03. The number of nitrogens with one attached hydrogen (secondary N) is 2. The molecule has 0 aliphatic rings. The molecule has 5 nitrogen and oxygen atoms in total. The van der Waals surface area contributed by atoms with Crippen LogP contribution in [0.3, 0.4) is 0 Å². The van der Waals surface area contributed by atoms with Crippen LogP contribution in [0.5, 0.6) is 0 Å². The van der Waals surface area contributed by atoms with Gasteiger partial charge in [-0.05, 0) is 47.5 Å². The number of aryl methyl sites for hydroxylation is 1. The van der Waals surface area contributed by atoms with Gasteiger partial charge in [0.15, 0.2) is 0 Å². The third-order valence-corrected chi connectivity index (χ3v) is 4.99. The van der Waals surface area contributed by atoms with Gasteiger partial charge in [0.05, 0.1) is 23.2 Å². The van der Waals surface area contributed by atoms with E-state index < -0.39 is 5.91 Å². The number of hydrogen-bond acceptors (Lipinski definition) is 3. The van der Waals surface area contributed by atoms with Crippen molar-refractivity contribution in [3.63, 3.8) is 0 Å². The van der Waals surface area contributed by atoms with Crippen molar-refractivity contribution in [1.82, 2.24) is 15.8 Å². The number of halogens is 1. The number of hydrazine groups is 1. The highest BCUT2D eigenvalue weighted by molar-refractivity contribution is 6.31. The highest BCUT2D eigenvalue weighted by atomic mass is 35.5. The van der Waals surface area contributed by atoms with Crippen LogP contribution in [-0.2, 0) is 11.2 Å². The van der Waals surface area contributed by atoms with Gasteiger partial charge in [0.2, 0.25) is 5.91 Å². The van der Waals surface area contributed by atoms with Crippen LogP contribution in [0, 0.1) is 6.92 Å². The molecule has 144 valence electrons. The Bertz CT molecular complexity index is 1250. The number of rotatable bonds is 3. The molecular formula is C23H18ClN3O2. The van der Waals surface area contributed by atoms with Crippen molar-refractivity contribution < 1.29 is 9.59 Å². The van der Waals surface area contributed by atoms with E-state index in [1.165, 1.54) is 0 Å². The summed E-state index contributed by atoms with van der Waals surface area (Å²) in [6, 6.07) is 20.7. The smallest absolute Gasteiger partial charge is 0.271 e. The third kappa shape index (κ3) is 4.05. The molecule has 0 radical (unpaired) electrons. The molecule has 29 heavy (non-hydrogen) atoms. The number of hydrogen-bond donors (Lipinski definition) is 2. The van der Waals surface area contributed by atoms with E-state index >= 15 is 0 Å². The standard InChI is InChI=1S/C23H18ClN3O2/c1-14-20(12-17-11-18(24)9-10-21(17)25-14)23(29)27-26-22(28)13-16-7-4-6-15-5-2-3-8-19(15)16/h2-12H,13H2,1H3,(H,26,28)(H,27,29). The predicted molar refractivity (Wildman–Crippen MR) is 115 cm³/mol. The number of carbonyl (C=O) groups excluding carboxylic acids is 2. The second kappa shape index (κ2) is 7.89. The number of carbonyl (C=O) groups is 2. The van der Waals surface area contributed by atoms with E-state index in [1.807, 2.05) is 42.5 Å². The van der Waals surface area contributed by atoms with Crippen LogP contribution >= 0.6 is 11.6 Å². The van der Waals surface area contributed by atoms with Crippen LogP contribution in [0.4, 0.5) is 0 Å². The summed E-state index contributed by atoms with van der Waals surface area (Å²) in [7, 11) is 0. The molecule has 2 N–H and O–H groups in total. The third-order valence-electron chi connectivity index (χ3n) is 4.76. The number of fused-ring (bicyclic) bond motifs is 2. The minimum absolute atomic E-state index is 0.159. The number of pyridine rings is 1. The maximum absolute atomic E-state index is 12.6. The minimum Gasteiger partial charge on any atom is -0.273 e. The normalized spacial score (nSPS) is 10.8. The highest BCUT2D eigenvalue weighted by Crippen LogP contribution is 2.21. The van der Waals surface area contributed by atoms with Gasteiger partial charge in [-0.3, -0.25) is 25.4 Å². The maximum Gasteiger partial charge on any atom is 0.271 e. The minimum atomic E-state index is -0.428. The molecule has 0 aliphatic carbocycles. The van der Waals surface area contributed by atoms with Crippen molar-refractivity contribution in [2.75, 3.05) is 0 Å². The van der Waals surface area contributed by atoms with E-state index in [-0.39, 0.29) is 12.3 Å². The number of amides is 2. The van der Waals surface area contributed by atoms with E-state index in [9.17, 15) is 9.59 Å². The molecule has 0 atom stereocenters. The van der Waals surface area contributed by atoms with Crippen molar-refractivity contribution in [2.24, 2.45) is 0 Å². The molecule has 4 rings (SSSR count). The Labute approximate surface area is 172 Å². The Kier molecular flexibility index (Phi) is 5.14. The van der Waals surface area contributed by atoms with Gasteiger partial charge in [-0.25, -0.2) is 0 Å². The second-order valence-electron chi connectivity index (χ2n) is 6.78. The zero-order valence-corrected chi connectivity index (χ0v) is 16.5. The molecule has 4 aromatic rings. The summed E-state index contributed by atoms with van der Waals surface area (Å²) in [5.74, 6) is -0.729. The molecule has 0 fully saturated rings. The van der Waals surface area contributed by atoms with Crippen molar-refractivity contribution in [2.45, 2.75) is 13.3 Å². The summed E-state index contributed by atoms with van der Waals surface area (Å²) < 4.78 is 0. The van der Waals surface area contributed by atoms with Crippen molar-refractivity contribution in [3.8, 4) is 0 Å². The fourth-order valence-electron chi connectivity index (χ4n) is 3.33. The molecule has 0 unspecified atom stereocenters. The summed E-state index contributed by atoms with van der Waals surface area (Å²) in [5, 5.41) is 3.41. The van der Waals surface area contributed by atoms with Crippen LogP contribution in [-0.4, -0.2) is 16.8 Å². The van der Waals surface area contributed by atoms with Crippen LogP contribution in [0.2, 0.25) is 5.02 Å². The molecule has 0 spiro atoms.